The maximum absolute atomic E-state index is 11.7. The van der Waals surface area contributed by atoms with Gasteiger partial charge in [0.05, 0.1) is 12.6 Å². The third kappa shape index (κ3) is 4.65. The van der Waals surface area contributed by atoms with Crippen LogP contribution in [0.5, 0.6) is 0 Å². The van der Waals surface area contributed by atoms with Gasteiger partial charge in [-0.05, 0) is 43.2 Å². The highest BCUT2D eigenvalue weighted by atomic mass is 16.5. The molecule has 1 saturated carbocycles. The van der Waals surface area contributed by atoms with E-state index in [1.54, 1.807) is 0 Å². The lowest BCUT2D eigenvalue weighted by Gasteiger charge is -2.32. The second-order valence-electron chi connectivity index (χ2n) is 6.68. The first-order valence-electron chi connectivity index (χ1n) is 9.17. The Morgan fingerprint density at radius 2 is 2.12 bits per heavy atom. The van der Waals surface area contributed by atoms with Gasteiger partial charge in [0.25, 0.3) is 0 Å². The normalized spacial score (nSPS) is 18.3. The van der Waals surface area contributed by atoms with Crippen molar-refractivity contribution in [2.24, 2.45) is 10.9 Å². The van der Waals surface area contributed by atoms with Crippen LogP contribution in [0.1, 0.15) is 30.9 Å². The first-order chi connectivity index (χ1) is 12.2. The van der Waals surface area contributed by atoms with Crippen molar-refractivity contribution in [3.05, 3.63) is 35.4 Å². The van der Waals surface area contributed by atoms with Crippen LogP contribution >= 0.6 is 0 Å². The lowest BCUT2D eigenvalue weighted by atomic mass is 10.0. The van der Waals surface area contributed by atoms with Gasteiger partial charge in [-0.2, -0.15) is 0 Å². The van der Waals surface area contributed by atoms with Crippen molar-refractivity contribution in [3.8, 4) is 0 Å². The molecule has 0 saturated heterocycles. The fourth-order valence-corrected chi connectivity index (χ4v) is 3.37. The Hall–Kier alpha value is -2.24. The molecule has 136 valence electrons. The number of hydrogen-bond donors (Lipinski definition) is 2. The molecule has 1 aromatic rings. The van der Waals surface area contributed by atoms with E-state index in [0.717, 1.165) is 38.3 Å². The first-order valence-corrected chi connectivity index (χ1v) is 9.17. The molecular formula is C19H28N4O2. The highest BCUT2D eigenvalue weighted by Gasteiger charge is 2.33. The molecule has 1 aliphatic heterocycles. The molecule has 2 N–H and O–H groups in total. The number of aliphatic imine (C=N–C) groups is 1. The van der Waals surface area contributed by atoms with Gasteiger partial charge >= 0.3 is 6.09 Å². The molecule has 1 atom stereocenters. The minimum Gasteiger partial charge on any atom is -0.450 e. The summed E-state index contributed by atoms with van der Waals surface area (Å²) < 4.78 is 5.02. The van der Waals surface area contributed by atoms with Gasteiger partial charge in [0.15, 0.2) is 5.96 Å². The van der Waals surface area contributed by atoms with Gasteiger partial charge in [0.1, 0.15) is 0 Å². The number of carbonyl (C=O) groups is 1. The molecule has 6 nitrogen and oxygen atoms in total. The SMILES string of the molecule is CCOC(=O)NC(CNC(=NC)N1CCc2ccccc2C1)C1CC1. The van der Waals surface area contributed by atoms with Crippen molar-refractivity contribution in [1.29, 1.82) is 0 Å². The maximum atomic E-state index is 11.7. The molecule has 2 aliphatic rings. The van der Waals surface area contributed by atoms with Gasteiger partial charge in [-0.3, -0.25) is 4.99 Å². The van der Waals surface area contributed by atoms with Crippen molar-refractivity contribution in [3.63, 3.8) is 0 Å². The summed E-state index contributed by atoms with van der Waals surface area (Å²) in [5.41, 5.74) is 2.79. The topological polar surface area (TPSA) is 66.0 Å². The number of nitrogens with one attached hydrogen (secondary N) is 2. The number of amides is 1. The minimum absolute atomic E-state index is 0.0906. The van der Waals surface area contributed by atoms with Crippen LogP contribution in [0.2, 0.25) is 0 Å². The first kappa shape index (κ1) is 17.6. The Labute approximate surface area is 149 Å². The van der Waals surface area contributed by atoms with E-state index in [4.69, 9.17) is 4.74 Å². The Morgan fingerprint density at radius 1 is 1.36 bits per heavy atom. The zero-order valence-electron chi connectivity index (χ0n) is 15.1. The monoisotopic (exact) mass is 344 g/mol. The molecule has 3 rings (SSSR count). The van der Waals surface area contributed by atoms with E-state index in [2.05, 4.69) is 44.8 Å². The summed E-state index contributed by atoms with van der Waals surface area (Å²) in [5, 5.41) is 6.43. The summed E-state index contributed by atoms with van der Waals surface area (Å²) in [7, 11) is 1.81. The average Bonchev–Trinajstić information content (AvgIpc) is 3.46. The molecule has 1 amide bonds. The maximum Gasteiger partial charge on any atom is 0.407 e. The van der Waals surface area contributed by atoms with E-state index in [9.17, 15) is 4.79 Å². The van der Waals surface area contributed by atoms with Crippen LogP contribution in [0.25, 0.3) is 0 Å². The van der Waals surface area contributed by atoms with E-state index >= 15 is 0 Å². The molecule has 0 spiro atoms. The molecule has 1 unspecified atom stereocenters. The highest BCUT2D eigenvalue weighted by molar-refractivity contribution is 5.80. The predicted molar refractivity (Wildman–Crippen MR) is 98.6 cm³/mol. The number of alkyl carbamates (subject to hydrolysis) is 1. The number of nitrogens with zero attached hydrogens (tertiary/aromatic N) is 2. The fraction of sp³-hybridized carbons (Fsp3) is 0.579. The van der Waals surface area contributed by atoms with Crippen LogP contribution in [-0.2, 0) is 17.7 Å². The molecule has 0 bridgehead atoms. The summed E-state index contributed by atoms with van der Waals surface area (Å²) in [4.78, 5) is 18.5. The van der Waals surface area contributed by atoms with Crippen molar-refractivity contribution in [1.82, 2.24) is 15.5 Å². The molecule has 1 aromatic carbocycles. The van der Waals surface area contributed by atoms with Crippen molar-refractivity contribution in [2.75, 3.05) is 26.7 Å². The van der Waals surface area contributed by atoms with Crippen LogP contribution in [0.4, 0.5) is 4.79 Å². The van der Waals surface area contributed by atoms with E-state index in [0.29, 0.717) is 19.1 Å². The Balaban J connectivity index is 1.56. The number of ether oxygens (including phenoxy) is 1. The quantitative estimate of drug-likeness (QED) is 0.634. The summed E-state index contributed by atoms with van der Waals surface area (Å²) in [6, 6.07) is 8.67. The summed E-state index contributed by atoms with van der Waals surface area (Å²) >= 11 is 0. The molecular weight excluding hydrogens is 316 g/mol. The van der Waals surface area contributed by atoms with Crippen LogP contribution in [0.3, 0.4) is 0 Å². The minimum atomic E-state index is -0.330. The number of guanidine groups is 1. The Morgan fingerprint density at radius 3 is 2.80 bits per heavy atom. The zero-order valence-corrected chi connectivity index (χ0v) is 15.1. The van der Waals surface area contributed by atoms with Crippen LogP contribution < -0.4 is 10.6 Å². The molecule has 1 aliphatic carbocycles. The number of fused-ring (bicyclic) bond motifs is 1. The molecule has 0 radical (unpaired) electrons. The van der Waals surface area contributed by atoms with E-state index < -0.39 is 0 Å². The van der Waals surface area contributed by atoms with Crippen LogP contribution in [0.15, 0.2) is 29.3 Å². The molecule has 25 heavy (non-hydrogen) atoms. The summed E-state index contributed by atoms with van der Waals surface area (Å²) in [6.45, 7) is 4.71. The van der Waals surface area contributed by atoms with E-state index in [1.807, 2.05) is 14.0 Å². The zero-order chi connectivity index (χ0) is 17.6. The summed E-state index contributed by atoms with van der Waals surface area (Å²) in [6.07, 6.45) is 3.02. The fourth-order valence-electron chi connectivity index (χ4n) is 3.37. The predicted octanol–water partition coefficient (Wildman–Crippen LogP) is 2.14. The highest BCUT2D eigenvalue weighted by Crippen LogP contribution is 2.32. The third-order valence-corrected chi connectivity index (χ3v) is 4.89. The van der Waals surface area contributed by atoms with Gasteiger partial charge in [0, 0.05) is 26.7 Å². The van der Waals surface area contributed by atoms with Gasteiger partial charge < -0.3 is 20.3 Å². The molecule has 6 heteroatoms. The van der Waals surface area contributed by atoms with Gasteiger partial charge in [-0.1, -0.05) is 24.3 Å². The molecule has 1 heterocycles. The lowest BCUT2D eigenvalue weighted by Crippen LogP contribution is -2.50. The van der Waals surface area contributed by atoms with Crippen LogP contribution in [0, 0.1) is 5.92 Å². The number of rotatable bonds is 5. The Kier molecular flexibility index (Phi) is 5.79. The second kappa shape index (κ2) is 8.23. The van der Waals surface area contributed by atoms with Gasteiger partial charge in [-0.15, -0.1) is 0 Å². The standard InChI is InChI=1S/C19H28N4O2/c1-3-25-19(24)22-17(15-8-9-15)12-21-18(20-2)23-11-10-14-6-4-5-7-16(14)13-23/h4-7,15,17H,3,8-13H2,1-2H3,(H,20,21)(H,22,24). The average molecular weight is 344 g/mol. The van der Waals surface area contributed by atoms with Crippen molar-refractivity contribution < 1.29 is 9.53 Å². The largest absolute Gasteiger partial charge is 0.450 e. The van der Waals surface area contributed by atoms with Crippen molar-refractivity contribution >= 4 is 12.1 Å². The summed E-state index contributed by atoms with van der Waals surface area (Å²) in [5.74, 6) is 1.43. The molecule has 0 aromatic heterocycles. The van der Waals surface area contributed by atoms with E-state index in [-0.39, 0.29) is 12.1 Å². The van der Waals surface area contributed by atoms with Gasteiger partial charge in [-0.25, -0.2) is 4.79 Å². The van der Waals surface area contributed by atoms with Crippen LogP contribution in [-0.4, -0.2) is 49.7 Å². The number of carbonyl (C=O) groups excluding carboxylic acids is 1. The number of hydrogen-bond acceptors (Lipinski definition) is 3. The smallest absolute Gasteiger partial charge is 0.407 e. The molecule has 1 fully saturated rings. The lowest BCUT2D eigenvalue weighted by molar-refractivity contribution is 0.146. The van der Waals surface area contributed by atoms with Crippen molar-refractivity contribution in [2.45, 2.75) is 38.8 Å². The van der Waals surface area contributed by atoms with E-state index in [1.165, 1.54) is 11.1 Å². The second-order valence-corrected chi connectivity index (χ2v) is 6.68. The van der Waals surface area contributed by atoms with Gasteiger partial charge in [0.2, 0.25) is 0 Å². The Bertz CT molecular complexity index is 628. The third-order valence-electron chi connectivity index (χ3n) is 4.89. The number of benzene rings is 1.